The molecule has 0 spiro atoms. The van der Waals surface area contributed by atoms with Gasteiger partial charge in [0.25, 0.3) is 0 Å². The Kier molecular flexibility index (Phi) is 42.4. The molecular weight excluding hydrogens is 327 g/mol. The molecule has 131 valence electrons. The van der Waals surface area contributed by atoms with Crippen LogP contribution in [-0.2, 0) is 26.4 Å². The Balaban J connectivity index is -0.0000000544. The van der Waals surface area contributed by atoms with Crippen molar-refractivity contribution >= 4 is 11.9 Å². The fourth-order valence-corrected chi connectivity index (χ4v) is 0.400. The van der Waals surface area contributed by atoms with Crippen LogP contribution in [0.4, 0.5) is 0 Å². The number of nitrogens with zero attached hydrogens (tertiary/aromatic N) is 2. The van der Waals surface area contributed by atoms with Crippen LogP contribution in [0.25, 0.3) is 0 Å². The first kappa shape index (κ1) is 32.3. The maximum absolute atomic E-state index is 8.89. The van der Waals surface area contributed by atoms with Crippen LogP contribution in [0.1, 0.15) is 13.8 Å². The number of hydrogen-bond acceptors (Lipinski definition) is 8. The molecule has 0 aliphatic rings. The van der Waals surface area contributed by atoms with Crippen LogP contribution in [0.5, 0.6) is 0 Å². The molecule has 0 saturated heterocycles. The Morgan fingerprint density at radius 2 is 0.952 bits per heavy atom. The van der Waals surface area contributed by atoms with E-state index in [0.29, 0.717) is 0 Å². The Morgan fingerprint density at radius 3 is 0.952 bits per heavy atom. The number of hydrogen-bond donors (Lipinski definition) is 2. The van der Waals surface area contributed by atoms with E-state index in [4.69, 9.17) is 30.0 Å². The van der Waals surface area contributed by atoms with E-state index in [2.05, 4.69) is 0 Å². The van der Waals surface area contributed by atoms with Gasteiger partial charge in [0.1, 0.15) is 0 Å². The summed E-state index contributed by atoms with van der Waals surface area (Å²) in [7, 11) is 7.71. The van der Waals surface area contributed by atoms with Crippen molar-refractivity contribution in [3.05, 3.63) is 0 Å². The van der Waals surface area contributed by atoms with Crippen molar-refractivity contribution in [1.29, 1.82) is 0 Å². The largest absolute Gasteiger partial charge is 2.00 e. The average Bonchev–Trinajstić information content (AvgIpc) is 2.15. The summed E-state index contributed by atoms with van der Waals surface area (Å²) in [6.45, 7) is 3.99. The van der Waals surface area contributed by atoms with Crippen molar-refractivity contribution in [1.82, 2.24) is 9.80 Å². The van der Waals surface area contributed by atoms with E-state index in [9.17, 15) is 0 Å². The molecule has 9 heteroatoms. The minimum absolute atomic E-state index is 0. The molecule has 0 aliphatic carbocycles. The first-order valence-corrected chi connectivity index (χ1v) is 5.87. The zero-order valence-corrected chi connectivity index (χ0v) is 14.6. The number of aliphatic carboxylic acids is 2. The monoisotopic (exact) mass is 355 g/mol. The number of carbonyl (C=O) groups is 2. The quantitative estimate of drug-likeness (QED) is 0.534. The standard InChI is InChI=1S/2C4H11NO.2C2H4O2.Co/c2*1-5(2)3-4-6;2*1-2(3)4;/h2*6H,3-4H2,1-2H3;2*1H3,(H,3,4);/q;;;;+2/p-2. The third kappa shape index (κ3) is 206. The smallest absolute Gasteiger partial charge is 0.550 e. The summed E-state index contributed by atoms with van der Waals surface area (Å²) < 4.78 is 0. The second-order valence-electron chi connectivity index (χ2n) is 4.04. The van der Waals surface area contributed by atoms with Crippen LogP contribution in [0.3, 0.4) is 0 Å². The Hall–Kier alpha value is -0.714. The maximum atomic E-state index is 8.89. The minimum atomic E-state index is -1.08. The van der Waals surface area contributed by atoms with Gasteiger partial charge in [0.2, 0.25) is 0 Å². The number of likely N-dealkylation sites (N-methyl/N-ethyl adjacent to an activating group) is 2. The molecule has 0 heterocycles. The van der Waals surface area contributed by atoms with Crippen molar-refractivity contribution in [2.45, 2.75) is 13.8 Å². The molecule has 0 aromatic carbocycles. The molecule has 0 aromatic heterocycles. The van der Waals surface area contributed by atoms with Crippen LogP contribution >= 0.6 is 0 Å². The van der Waals surface area contributed by atoms with Crippen LogP contribution < -0.4 is 10.2 Å². The number of rotatable bonds is 4. The van der Waals surface area contributed by atoms with Crippen LogP contribution in [0.2, 0.25) is 0 Å². The number of carboxylic acid groups (broad SMARTS) is 2. The molecule has 0 saturated carbocycles. The van der Waals surface area contributed by atoms with Gasteiger partial charge in [-0.15, -0.1) is 0 Å². The molecule has 0 atom stereocenters. The summed E-state index contributed by atoms with van der Waals surface area (Å²) >= 11 is 0. The van der Waals surface area contributed by atoms with Gasteiger partial charge in [-0.25, -0.2) is 0 Å². The molecule has 1 radical (unpaired) electrons. The second kappa shape index (κ2) is 27.6. The van der Waals surface area contributed by atoms with E-state index in [0.717, 1.165) is 26.9 Å². The normalized spacial score (nSPS) is 8.10. The molecule has 0 fully saturated rings. The Labute approximate surface area is 137 Å². The summed E-state index contributed by atoms with van der Waals surface area (Å²) in [6, 6.07) is 0. The molecule has 8 nitrogen and oxygen atoms in total. The molecule has 0 aromatic rings. The summed E-state index contributed by atoms with van der Waals surface area (Å²) in [5, 5.41) is 34.2. The topological polar surface area (TPSA) is 127 Å². The summed E-state index contributed by atoms with van der Waals surface area (Å²) in [6.07, 6.45) is 0. The van der Waals surface area contributed by atoms with Crippen molar-refractivity contribution in [3.63, 3.8) is 0 Å². The Bertz CT molecular complexity index is 186. The molecule has 0 aliphatic heterocycles. The maximum Gasteiger partial charge on any atom is 2.00 e. The Morgan fingerprint density at radius 1 is 0.810 bits per heavy atom. The SMILES string of the molecule is CC(=O)[O-].CC(=O)[O-].CN(C)CCO.CN(C)CCO.[Co+2]. The number of aliphatic hydroxyl groups is 2. The predicted octanol–water partition coefficient (Wildman–Crippen LogP) is -3.41. The van der Waals surface area contributed by atoms with E-state index in [1.54, 1.807) is 0 Å². The second-order valence-corrected chi connectivity index (χ2v) is 4.04. The average molecular weight is 355 g/mol. The molecule has 2 N–H and O–H groups in total. The van der Waals surface area contributed by atoms with Gasteiger partial charge in [-0.3, -0.25) is 0 Å². The summed E-state index contributed by atoms with van der Waals surface area (Å²) in [5.41, 5.74) is 0. The molecule has 0 rings (SSSR count). The van der Waals surface area contributed by atoms with E-state index in [1.165, 1.54) is 0 Å². The van der Waals surface area contributed by atoms with E-state index in [-0.39, 0.29) is 30.0 Å². The van der Waals surface area contributed by atoms with E-state index < -0.39 is 11.9 Å². The van der Waals surface area contributed by atoms with Gasteiger partial charge in [-0.05, 0) is 42.0 Å². The van der Waals surface area contributed by atoms with Crippen LogP contribution in [0, 0.1) is 0 Å². The molecule has 0 unspecified atom stereocenters. The van der Waals surface area contributed by atoms with Gasteiger partial charge in [0.05, 0.1) is 13.2 Å². The fraction of sp³-hybridized carbons (Fsp3) is 0.833. The van der Waals surface area contributed by atoms with Crippen molar-refractivity contribution < 1.29 is 46.8 Å². The van der Waals surface area contributed by atoms with E-state index >= 15 is 0 Å². The molecule has 21 heavy (non-hydrogen) atoms. The molecule has 0 amide bonds. The summed E-state index contributed by atoms with van der Waals surface area (Å²) in [5.74, 6) is -2.17. The predicted molar refractivity (Wildman–Crippen MR) is 72.6 cm³/mol. The number of carbonyl (C=O) groups excluding carboxylic acids is 2. The van der Waals surface area contributed by atoms with Gasteiger partial charge < -0.3 is 39.8 Å². The first-order chi connectivity index (χ1) is 9.00. The minimum Gasteiger partial charge on any atom is -0.550 e. The van der Waals surface area contributed by atoms with Gasteiger partial charge in [0, 0.05) is 25.0 Å². The van der Waals surface area contributed by atoms with Crippen LogP contribution in [0.15, 0.2) is 0 Å². The zero-order valence-electron chi connectivity index (χ0n) is 13.6. The number of aliphatic hydroxyl groups excluding tert-OH is 2. The van der Waals surface area contributed by atoms with E-state index in [1.807, 2.05) is 38.0 Å². The van der Waals surface area contributed by atoms with Crippen molar-refractivity contribution in [2.75, 3.05) is 54.5 Å². The molecule has 0 bridgehead atoms. The van der Waals surface area contributed by atoms with Crippen molar-refractivity contribution in [2.24, 2.45) is 0 Å². The van der Waals surface area contributed by atoms with Crippen molar-refractivity contribution in [3.8, 4) is 0 Å². The van der Waals surface area contributed by atoms with Gasteiger partial charge >= 0.3 is 16.8 Å². The molecular formula is C12H28CoN2O6. The summed E-state index contributed by atoms with van der Waals surface area (Å²) in [4.78, 5) is 21.6. The number of carboxylic acids is 2. The van der Waals surface area contributed by atoms with Gasteiger partial charge in [-0.2, -0.15) is 0 Å². The first-order valence-electron chi connectivity index (χ1n) is 5.87. The van der Waals surface area contributed by atoms with Gasteiger partial charge in [-0.1, -0.05) is 0 Å². The fourth-order valence-electron chi connectivity index (χ4n) is 0.400. The third-order valence-corrected chi connectivity index (χ3v) is 1.09. The zero-order chi connectivity index (χ0) is 17.1. The van der Waals surface area contributed by atoms with Crippen LogP contribution in [-0.4, -0.2) is 86.4 Å². The van der Waals surface area contributed by atoms with Gasteiger partial charge in [0.15, 0.2) is 0 Å². The third-order valence-electron chi connectivity index (χ3n) is 1.09.